The van der Waals surface area contributed by atoms with Crippen molar-refractivity contribution >= 4 is 15.7 Å². The predicted octanol–water partition coefficient (Wildman–Crippen LogP) is 3.21. The topological polar surface area (TPSA) is 107 Å². The van der Waals surface area contributed by atoms with Crippen molar-refractivity contribution in [2.24, 2.45) is 13.0 Å². The van der Waals surface area contributed by atoms with Crippen LogP contribution in [0.2, 0.25) is 0 Å². The monoisotopic (exact) mass is 575 g/mol. The van der Waals surface area contributed by atoms with Gasteiger partial charge in [-0.3, -0.25) is 8.97 Å². The molecule has 1 saturated carbocycles. The number of nitrogens with one attached hydrogen (secondary N) is 1. The van der Waals surface area contributed by atoms with E-state index in [0.717, 1.165) is 45.4 Å². The van der Waals surface area contributed by atoms with E-state index in [1.165, 1.54) is 17.0 Å². The van der Waals surface area contributed by atoms with Crippen LogP contribution in [-0.2, 0) is 30.0 Å². The molecule has 14 heteroatoms. The zero-order valence-corrected chi connectivity index (χ0v) is 22.5. The molecular weight excluding hydrogens is 547 g/mol. The fourth-order valence-electron chi connectivity index (χ4n) is 5.63. The Balaban J connectivity index is 1.45. The summed E-state index contributed by atoms with van der Waals surface area (Å²) in [4.78, 5) is 13.5. The molecule has 3 aromatic heterocycles. The van der Waals surface area contributed by atoms with Crippen molar-refractivity contribution in [1.82, 2.24) is 32.8 Å². The second kappa shape index (κ2) is 9.85. The minimum Gasteiger partial charge on any atom is -0.320 e. The lowest BCUT2D eigenvalue weighted by Gasteiger charge is -2.33. The Hall–Kier alpha value is -3.49. The Labute approximate surface area is 228 Å². The van der Waals surface area contributed by atoms with E-state index in [1.54, 1.807) is 18.5 Å². The van der Waals surface area contributed by atoms with Crippen LogP contribution in [0.3, 0.4) is 0 Å². The average Bonchev–Trinajstić information content (AvgIpc) is 3.44. The van der Waals surface area contributed by atoms with Crippen LogP contribution in [0.15, 0.2) is 53.8 Å². The summed E-state index contributed by atoms with van der Waals surface area (Å²) in [5.41, 5.74) is -0.609. The third-order valence-electron chi connectivity index (χ3n) is 7.85. The number of hydrogen-bond donors (Lipinski definition) is 1. The lowest BCUT2D eigenvalue weighted by atomic mass is 9.72. The molecule has 6 rings (SSSR count). The number of hydrogen-bond acceptors (Lipinski definition) is 5. The molecule has 4 aromatic rings. The van der Waals surface area contributed by atoms with Crippen LogP contribution < -0.4 is 10.4 Å². The minimum absolute atomic E-state index is 0.0630. The smallest absolute Gasteiger partial charge is 0.320 e. The SMILES string of the molecule is Cn1cnnc1[C@@H](c1cccc(-n2cc3c(C(F)(F)F)cc(CN4CCCNS4(=O)=O)cn3c2=O)c1)C1CCC1. The molecule has 0 unspecified atom stereocenters. The second-order valence-corrected chi connectivity index (χ2v) is 12.2. The zero-order valence-electron chi connectivity index (χ0n) is 21.7. The van der Waals surface area contributed by atoms with Crippen LogP contribution in [-0.4, -0.2) is 49.5 Å². The molecule has 1 saturated heterocycles. The van der Waals surface area contributed by atoms with E-state index in [4.69, 9.17) is 0 Å². The number of alkyl halides is 3. The first-order chi connectivity index (χ1) is 19.0. The Kier molecular flexibility index (Phi) is 6.58. The molecule has 0 bridgehead atoms. The van der Waals surface area contributed by atoms with Crippen LogP contribution in [0.1, 0.15) is 54.1 Å². The third kappa shape index (κ3) is 4.73. The number of imidazole rings is 1. The number of fused-ring (bicyclic) bond motifs is 1. The number of halogens is 3. The van der Waals surface area contributed by atoms with E-state index in [0.29, 0.717) is 18.0 Å². The Morgan fingerprint density at radius 1 is 1.15 bits per heavy atom. The van der Waals surface area contributed by atoms with Gasteiger partial charge >= 0.3 is 11.9 Å². The van der Waals surface area contributed by atoms with Gasteiger partial charge in [-0.25, -0.2) is 9.52 Å². The summed E-state index contributed by atoms with van der Waals surface area (Å²) in [6, 6.07) is 8.14. The van der Waals surface area contributed by atoms with Gasteiger partial charge in [-0.1, -0.05) is 18.6 Å². The van der Waals surface area contributed by atoms with E-state index < -0.39 is 27.6 Å². The summed E-state index contributed by atoms with van der Waals surface area (Å²) < 4.78 is 74.8. The summed E-state index contributed by atoms with van der Waals surface area (Å²) in [7, 11) is -1.94. The van der Waals surface area contributed by atoms with Crippen LogP contribution in [0, 0.1) is 5.92 Å². The number of nitrogens with zero attached hydrogens (tertiary/aromatic N) is 6. The first-order valence-electron chi connectivity index (χ1n) is 13.1. The molecule has 10 nitrogen and oxygen atoms in total. The van der Waals surface area contributed by atoms with Gasteiger partial charge in [0.1, 0.15) is 12.2 Å². The zero-order chi connectivity index (χ0) is 28.2. The first-order valence-corrected chi connectivity index (χ1v) is 14.5. The number of benzene rings is 1. The molecule has 212 valence electrons. The quantitative estimate of drug-likeness (QED) is 0.380. The van der Waals surface area contributed by atoms with Crippen molar-refractivity contribution in [1.29, 1.82) is 0 Å². The van der Waals surface area contributed by atoms with E-state index in [1.807, 2.05) is 23.7 Å². The summed E-state index contributed by atoms with van der Waals surface area (Å²) >= 11 is 0. The maximum absolute atomic E-state index is 14.2. The molecule has 0 spiro atoms. The molecule has 0 amide bonds. The molecule has 40 heavy (non-hydrogen) atoms. The van der Waals surface area contributed by atoms with E-state index in [-0.39, 0.29) is 36.6 Å². The highest BCUT2D eigenvalue weighted by molar-refractivity contribution is 7.87. The molecule has 2 fully saturated rings. The van der Waals surface area contributed by atoms with Crippen LogP contribution in [0.5, 0.6) is 0 Å². The molecular formula is C26H28F3N7O3S. The lowest BCUT2D eigenvalue weighted by molar-refractivity contribution is -0.136. The van der Waals surface area contributed by atoms with Crippen LogP contribution in [0.25, 0.3) is 11.2 Å². The van der Waals surface area contributed by atoms with Gasteiger partial charge in [0, 0.05) is 45.0 Å². The summed E-state index contributed by atoms with van der Waals surface area (Å²) in [5, 5.41) is 8.35. The van der Waals surface area contributed by atoms with Gasteiger partial charge in [0.05, 0.1) is 16.8 Å². The van der Waals surface area contributed by atoms with Gasteiger partial charge in [-0.05, 0) is 54.5 Å². The van der Waals surface area contributed by atoms with Crippen molar-refractivity contribution in [3.8, 4) is 5.69 Å². The fourth-order valence-corrected chi connectivity index (χ4v) is 6.90. The highest BCUT2D eigenvalue weighted by atomic mass is 32.2. The maximum Gasteiger partial charge on any atom is 0.418 e. The molecule has 1 N–H and O–H groups in total. The van der Waals surface area contributed by atoms with Crippen LogP contribution >= 0.6 is 0 Å². The Morgan fingerprint density at radius 3 is 2.60 bits per heavy atom. The van der Waals surface area contributed by atoms with Crippen molar-refractivity contribution in [2.45, 2.75) is 44.3 Å². The van der Waals surface area contributed by atoms with Crippen molar-refractivity contribution in [2.75, 3.05) is 13.1 Å². The molecule has 1 aromatic carbocycles. The van der Waals surface area contributed by atoms with Crippen molar-refractivity contribution < 1.29 is 21.6 Å². The number of aryl methyl sites for hydroxylation is 1. The van der Waals surface area contributed by atoms with Crippen molar-refractivity contribution in [3.63, 3.8) is 0 Å². The minimum atomic E-state index is -4.76. The van der Waals surface area contributed by atoms with Crippen LogP contribution in [0.4, 0.5) is 13.2 Å². The van der Waals surface area contributed by atoms with Gasteiger partial charge in [0.25, 0.3) is 10.2 Å². The van der Waals surface area contributed by atoms with Gasteiger partial charge in [-0.15, -0.1) is 10.2 Å². The highest BCUT2D eigenvalue weighted by Gasteiger charge is 2.36. The normalized spacial score (nSPS) is 19.1. The van der Waals surface area contributed by atoms with E-state index >= 15 is 0 Å². The summed E-state index contributed by atoms with van der Waals surface area (Å²) in [6.07, 6.45) is 3.03. The van der Waals surface area contributed by atoms with Gasteiger partial charge < -0.3 is 4.57 Å². The molecule has 1 aliphatic heterocycles. The molecule has 1 atom stereocenters. The maximum atomic E-state index is 14.2. The Bertz CT molecular complexity index is 1740. The molecule has 0 radical (unpaired) electrons. The lowest BCUT2D eigenvalue weighted by Crippen LogP contribution is -2.46. The summed E-state index contributed by atoms with van der Waals surface area (Å²) in [5.74, 6) is 1.08. The summed E-state index contributed by atoms with van der Waals surface area (Å²) in [6.45, 7) is 0.151. The van der Waals surface area contributed by atoms with E-state index in [2.05, 4.69) is 14.9 Å². The largest absolute Gasteiger partial charge is 0.418 e. The second-order valence-electron chi connectivity index (χ2n) is 10.4. The molecule has 1 aliphatic carbocycles. The van der Waals surface area contributed by atoms with E-state index in [9.17, 15) is 26.4 Å². The first kappa shape index (κ1) is 26.7. The number of rotatable bonds is 6. The van der Waals surface area contributed by atoms with Crippen molar-refractivity contribution in [3.05, 3.63) is 82.1 Å². The number of pyridine rings is 1. The molecule has 2 aliphatic rings. The predicted molar refractivity (Wildman–Crippen MR) is 140 cm³/mol. The fraction of sp³-hybridized carbons (Fsp3) is 0.423. The Morgan fingerprint density at radius 2 is 1.95 bits per heavy atom. The standard InChI is InChI=1S/C26H28F3N7O3S/c1-33-16-30-32-24(33)23(18-5-2-6-18)19-7-3-8-20(12-19)35-15-22-21(26(27,28)29)11-17(14-36(22)25(35)37)13-34-10-4-9-31-40(34,38)39/h3,7-8,11-12,14-16,18,23,31H,2,4-6,9-10,13H2,1H3/t23-/m1/s1. The average molecular weight is 576 g/mol. The van der Waals surface area contributed by atoms with Gasteiger partial charge in [0.2, 0.25) is 0 Å². The highest BCUT2D eigenvalue weighted by Crippen LogP contribution is 2.43. The number of aromatic nitrogens is 5. The van der Waals surface area contributed by atoms with Gasteiger partial charge in [0.15, 0.2) is 0 Å². The third-order valence-corrected chi connectivity index (χ3v) is 9.41. The molecule has 4 heterocycles. The van der Waals surface area contributed by atoms with Gasteiger partial charge in [-0.2, -0.15) is 25.9 Å².